The van der Waals surface area contributed by atoms with E-state index in [9.17, 15) is 13.2 Å². The van der Waals surface area contributed by atoms with Crippen LogP contribution in [0.15, 0.2) is 40.0 Å². The Hall–Kier alpha value is -2.38. The summed E-state index contributed by atoms with van der Waals surface area (Å²) in [6.45, 7) is 1.72. The third-order valence-corrected chi connectivity index (χ3v) is 3.52. The molecule has 1 aromatic heterocycles. The normalized spacial score (nSPS) is 21.1. The summed E-state index contributed by atoms with van der Waals surface area (Å²) in [4.78, 5) is 9.44. The van der Waals surface area contributed by atoms with Crippen molar-refractivity contribution in [2.24, 2.45) is 5.16 Å². The SMILES string of the molecule is CC1(c2nc(CCC(F)(F)F)no2)CC(c2ccccc2)=NO1. The Morgan fingerprint density at radius 3 is 2.65 bits per heavy atom. The highest BCUT2D eigenvalue weighted by atomic mass is 19.4. The van der Waals surface area contributed by atoms with Crippen LogP contribution < -0.4 is 0 Å². The van der Waals surface area contributed by atoms with E-state index < -0.39 is 18.2 Å². The van der Waals surface area contributed by atoms with Gasteiger partial charge in [-0.1, -0.05) is 40.6 Å². The molecular formula is C15H14F3N3O2. The molecule has 3 rings (SSSR count). The summed E-state index contributed by atoms with van der Waals surface area (Å²) in [6, 6.07) is 9.46. The van der Waals surface area contributed by atoms with Gasteiger partial charge in [0.05, 0.1) is 12.1 Å². The summed E-state index contributed by atoms with van der Waals surface area (Å²) in [6.07, 6.45) is -5.17. The van der Waals surface area contributed by atoms with Gasteiger partial charge in [-0.15, -0.1) is 0 Å². The maximum absolute atomic E-state index is 12.2. The van der Waals surface area contributed by atoms with Crippen molar-refractivity contribution < 1.29 is 22.5 Å². The zero-order valence-electron chi connectivity index (χ0n) is 12.3. The van der Waals surface area contributed by atoms with Crippen LogP contribution in [0, 0.1) is 0 Å². The number of oxime groups is 1. The third kappa shape index (κ3) is 3.52. The first kappa shape index (κ1) is 15.5. The number of alkyl halides is 3. The first-order valence-corrected chi connectivity index (χ1v) is 7.06. The minimum Gasteiger partial charge on any atom is -0.379 e. The fraction of sp³-hybridized carbons (Fsp3) is 0.400. The first-order valence-electron chi connectivity index (χ1n) is 7.06. The van der Waals surface area contributed by atoms with Crippen molar-refractivity contribution in [3.63, 3.8) is 0 Å². The van der Waals surface area contributed by atoms with Crippen LogP contribution in [0.1, 0.15) is 37.0 Å². The van der Waals surface area contributed by atoms with E-state index in [1.165, 1.54) is 0 Å². The smallest absolute Gasteiger partial charge is 0.379 e. The van der Waals surface area contributed by atoms with Gasteiger partial charge >= 0.3 is 6.18 Å². The predicted molar refractivity (Wildman–Crippen MR) is 74.7 cm³/mol. The Bertz CT molecular complexity index is 712. The quantitative estimate of drug-likeness (QED) is 0.861. The maximum atomic E-state index is 12.2. The van der Waals surface area contributed by atoms with E-state index >= 15 is 0 Å². The predicted octanol–water partition coefficient (Wildman–Crippen LogP) is 3.60. The van der Waals surface area contributed by atoms with Gasteiger partial charge in [0.1, 0.15) is 0 Å². The molecule has 0 bridgehead atoms. The molecule has 1 aliphatic heterocycles. The number of rotatable bonds is 4. The van der Waals surface area contributed by atoms with Gasteiger partial charge in [0.25, 0.3) is 5.89 Å². The average molecular weight is 325 g/mol. The van der Waals surface area contributed by atoms with Gasteiger partial charge in [-0.3, -0.25) is 0 Å². The fourth-order valence-electron chi connectivity index (χ4n) is 2.26. The molecule has 8 heteroatoms. The van der Waals surface area contributed by atoms with E-state index in [0.29, 0.717) is 6.42 Å². The van der Waals surface area contributed by atoms with Crippen LogP contribution in [0.25, 0.3) is 0 Å². The minimum absolute atomic E-state index is 0.00955. The number of benzene rings is 1. The summed E-state index contributed by atoms with van der Waals surface area (Å²) in [5.41, 5.74) is 0.672. The Morgan fingerprint density at radius 2 is 1.96 bits per heavy atom. The zero-order valence-corrected chi connectivity index (χ0v) is 12.3. The Labute approximate surface area is 130 Å². The molecule has 0 aliphatic carbocycles. The molecule has 0 radical (unpaired) electrons. The Balaban J connectivity index is 1.70. The van der Waals surface area contributed by atoms with Crippen molar-refractivity contribution in [3.8, 4) is 0 Å². The molecule has 122 valence electrons. The number of hydrogen-bond donors (Lipinski definition) is 0. The monoisotopic (exact) mass is 325 g/mol. The zero-order chi connectivity index (χ0) is 16.5. The van der Waals surface area contributed by atoms with Gasteiger partial charge in [0.15, 0.2) is 5.82 Å². The lowest BCUT2D eigenvalue weighted by molar-refractivity contribution is -0.134. The van der Waals surface area contributed by atoms with Gasteiger partial charge in [-0.2, -0.15) is 18.2 Å². The van der Waals surface area contributed by atoms with E-state index in [2.05, 4.69) is 15.3 Å². The topological polar surface area (TPSA) is 60.5 Å². The first-order chi connectivity index (χ1) is 10.9. The number of nitrogens with zero attached hydrogens (tertiary/aromatic N) is 3. The highest BCUT2D eigenvalue weighted by Gasteiger charge is 2.42. The molecule has 0 N–H and O–H groups in total. The van der Waals surface area contributed by atoms with Crippen molar-refractivity contribution in [2.75, 3.05) is 0 Å². The molecule has 5 nitrogen and oxygen atoms in total. The van der Waals surface area contributed by atoms with Crippen LogP contribution in [0.3, 0.4) is 0 Å². The maximum Gasteiger partial charge on any atom is 0.389 e. The average Bonchev–Trinajstić information content (AvgIpc) is 3.13. The molecule has 1 unspecified atom stereocenters. The summed E-state index contributed by atoms with van der Waals surface area (Å²) < 4.78 is 41.8. The summed E-state index contributed by atoms with van der Waals surface area (Å²) >= 11 is 0. The molecule has 23 heavy (non-hydrogen) atoms. The standard InChI is InChI=1S/C15H14F3N3O2/c1-14(9-11(20-23-14)10-5-3-2-4-6-10)13-19-12(21-22-13)7-8-15(16,17)18/h2-6H,7-9H2,1H3. The lowest BCUT2D eigenvalue weighted by atomic mass is 9.96. The molecule has 0 saturated carbocycles. The molecule has 2 aromatic rings. The number of aromatic nitrogens is 2. The summed E-state index contributed by atoms with van der Waals surface area (Å²) in [7, 11) is 0. The van der Waals surface area contributed by atoms with Gasteiger partial charge in [-0.25, -0.2) is 0 Å². The highest BCUT2D eigenvalue weighted by molar-refractivity contribution is 6.01. The number of halogens is 3. The van der Waals surface area contributed by atoms with Crippen LogP contribution >= 0.6 is 0 Å². The molecule has 0 fully saturated rings. The van der Waals surface area contributed by atoms with Crippen LogP contribution in [0.4, 0.5) is 13.2 Å². The van der Waals surface area contributed by atoms with Crippen molar-refractivity contribution >= 4 is 5.71 Å². The lowest BCUT2D eigenvalue weighted by Crippen LogP contribution is -2.22. The Kier molecular flexibility index (Phi) is 3.83. The van der Waals surface area contributed by atoms with Gasteiger partial charge < -0.3 is 9.36 Å². The molecule has 1 aliphatic rings. The molecule has 0 amide bonds. The van der Waals surface area contributed by atoms with E-state index in [1.807, 2.05) is 30.3 Å². The number of aryl methyl sites for hydroxylation is 1. The Morgan fingerprint density at radius 1 is 1.22 bits per heavy atom. The van der Waals surface area contributed by atoms with Crippen LogP contribution in [-0.4, -0.2) is 22.0 Å². The largest absolute Gasteiger partial charge is 0.389 e. The van der Waals surface area contributed by atoms with Crippen LogP contribution in [-0.2, 0) is 16.9 Å². The van der Waals surface area contributed by atoms with E-state index in [-0.39, 0.29) is 18.1 Å². The van der Waals surface area contributed by atoms with Gasteiger partial charge in [0.2, 0.25) is 5.60 Å². The lowest BCUT2D eigenvalue weighted by Gasteiger charge is -2.15. The van der Waals surface area contributed by atoms with Crippen molar-refractivity contribution in [3.05, 3.63) is 47.6 Å². The van der Waals surface area contributed by atoms with E-state index in [4.69, 9.17) is 9.36 Å². The van der Waals surface area contributed by atoms with Gasteiger partial charge in [-0.05, 0) is 12.5 Å². The second-order valence-corrected chi connectivity index (χ2v) is 5.53. The van der Waals surface area contributed by atoms with Gasteiger partial charge in [0, 0.05) is 12.8 Å². The second-order valence-electron chi connectivity index (χ2n) is 5.53. The van der Waals surface area contributed by atoms with Crippen molar-refractivity contribution in [1.29, 1.82) is 0 Å². The third-order valence-electron chi connectivity index (χ3n) is 3.52. The molecule has 0 saturated heterocycles. The van der Waals surface area contributed by atoms with Crippen LogP contribution in [0.2, 0.25) is 0 Å². The van der Waals surface area contributed by atoms with Crippen molar-refractivity contribution in [1.82, 2.24) is 10.1 Å². The molecular weight excluding hydrogens is 311 g/mol. The van der Waals surface area contributed by atoms with E-state index in [0.717, 1.165) is 11.3 Å². The second kappa shape index (κ2) is 5.68. The molecule has 1 aromatic carbocycles. The summed E-state index contributed by atoms with van der Waals surface area (Å²) in [5, 5.41) is 7.63. The highest BCUT2D eigenvalue weighted by Crippen LogP contribution is 2.35. The van der Waals surface area contributed by atoms with E-state index in [1.54, 1.807) is 6.92 Å². The molecule has 1 atom stereocenters. The number of hydrogen-bond acceptors (Lipinski definition) is 5. The fourth-order valence-corrected chi connectivity index (χ4v) is 2.26. The molecule has 2 heterocycles. The van der Waals surface area contributed by atoms with Crippen LogP contribution in [0.5, 0.6) is 0 Å². The minimum atomic E-state index is -4.25. The molecule has 0 spiro atoms. The summed E-state index contributed by atoms with van der Waals surface area (Å²) in [5.74, 6) is 0.139. The van der Waals surface area contributed by atoms with Crippen molar-refractivity contribution in [2.45, 2.75) is 38.0 Å².